The normalized spacial score (nSPS) is 24.2. The first-order chi connectivity index (χ1) is 8.94. The summed E-state index contributed by atoms with van der Waals surface area (Å²) in [5.74, 6) is -0.820. The molecule has 0 spiro atoms. The van der Waals surface area contributed by atoms with E-state index in [0.717, 1.165) is 13.1 Å². The summed E-state index contributed by atoms with van der Waals surface area (Å²) in [6.45, 7) is 6.81. The zero-order valence-electron chi connectivity index (χ0n) is 11.5. The number of nitriles is 1. The molecule has 2 amide bonds. The van der Waals surface area contributed by atoms with Crippen LogP contribution >= 0.6 is 0 Å². The van der Waals surface area contributed by atoms with Crippen molar-refractivity contribution in [2.24, 2.45) is 5.41 Å². The first kappa shape index (κ1) is 13.8. The Morgan fingerprint density at radius 2 is 2.16 bits per heavy atom. The molecule has 2 heterocycles. The second kappa shape index (κ2) is 5.17. The highest BCUT2D eigenvalue weighted by Crippen LogP contribution is 2.21. The van der Waals surface area contributed by atoms with Crippen molar-refractivity contribution in [1.29, 1.82) is 5.26 Å². The van der Waals surface area contributed by atoms with Crippen LogP contribution in [-0.4, -0.2) is 60.4 Å². The van der Waals surface area contributed by atoms with Gasteiger partial charge < -0.3 is 15.1 Å². The van der Waals surface area contributed by atoms with Gasteiger partial charge in [-0.25, -0.2) is 0 Å². The highest BCUT2D eigenvalue weighted by atomic mass is 16.2. The van der Waals surface area contributed by atoms with E-state index < -0.39 is 17.2 Å². The molecular weight excluding hydrogens is 244 g/mol. The summed E-state index contributed by atoms with van der Waals surface area (Å²) in [5.41, 5.74) is -0.467. The van der Waals surface area contributed by atoms with Gasteiger partial charge in [-0.15, -0.1) is 0 Å². The molecule has 0 bridgehead atoms. The average molecular weight is 264 g/mol. The van der Waals surface area contributed by atoms with Crippen LogP contribution in [0.4, 0.5) is 0 Å². The fourth-order valence-electron chi connectivity index (χ4n) is 2.45. The standard InChI is InChI=1S/C13H20N4O2/c1-13(2,9-14)3-5-16-8-10-7-15-4-6-17(10)12(19)11(16)18/h10,15H,3-8H2,1-2H3. The number of carbonyl (C=O) groups excluding carboxylic acids is 2. The number of nitrogens with one attached hydrogen (secondary N) is 1. The Bertz CT molecular complexity index is 427. The lowest BCUT2D eigenvalue weighted by Gasteiger charge is -2.43. The van der Waals surface area contributed by atoms with E-state index in [0.29, 0.717) is 26.1 Å². The minimum atomic E-state index is -0.467. The van der Waals surface area contributed by atoms with Gasteiger partial charge in [-0.05, 0) is 20.3 Å². The number of hydrogen-bond donors (Lipinski definition) is 1. The number of carbonyl (C=O) groups is 2. The van der Waals surface area contributed by atoms with Crippen LogP contribution in [0.15, 0.2) is 0 Å². The van der Waals surface area contributed by atoms with E-state index in [2.05, 4.69) is 11.4 Å². The van der Waals surface area contributed by atoms with Gasteiger partial charge in [-0.1, -0.05) is 0 Å². The molecular formula is C13H20N4O2. The number of rotatable bonds is 3. The lowest BCUT2D eigenvalue weighted by atomic mass is 9.91. The zero-order chi connectivity index (χ0) is 14.0. The van der Waals surface area contributed by atoms with Gasteiger partial charge in [0, 0.05) is 32.7 Å². The van der Waals surface area contributed by atoms with E-state index in [1.54, 1.807) is 9.80 Å². The minimum Gasteiger partial charge on any atom is -0.332 e. The van der Waals surface area contributed by atoms with Crippen molar-refractivity contribution in [3.8, 4) is 6.07 Å². The third-order valence-corrected chi connectivity index (χ3v) is 3.82. The second-order valence-corrected chi connectivity index (χ2v) is 5.85. The van der Waals surface area contributed by atoms with E-state index in [9.17, 15) is 9.59 Å². The molecule has 6 heteroatoms. The van der Waals surface area contributed by atoms with Crippen molar-refractivity contribution in [1.82, 2.24) is 15.1 Å². The quantitative estimate of drug-likeness (QED) is 0.702. The van der Waals surface area contributed by atoms with E-state index >= 15 is 0 Å². The SMILES string of the molecule is CC(C)(C#N)CCN1CC2CNCCN2C(=O)C1=O. The van der Waals surface area contributed by atoms with Crippen LogP contribution in [0.5, 0.6) is 0 Å². The number of piperazine rings is 2. The number of amides is 2. The molecule has 1 N–H and O–H groups in total. The Morgan fingerprint density at radius 1 is 1.42 bits per heavy atom. The number of fused-ring (bicyclic) bond motifs is 1. The Kier molecular flexibility index (Phi) is 3.76. The van der Waals surface area contributed by atoms with Gasteiger partial charge in [0.25, 0.3) is 0 Å². The average Bonchev–Trinajstić information content (AvgIpc) is 2.41. The van der Waals surface area contributed by atoms with Crippen molar-refractivity contribution in [3.63, 3.8) is 0 Å². The summed E-state index contributed by atoms with van der Waals surface area (Å²) in [6, 6.07) is 2.29. The highest BCUT2D eigenvalue weighted by Gasteiger charge is 2.40. The van der Waals surface area contributed by atoms with Gasteiger partial charge in [-0.2, -0.15) is 5.26 Å². The molecule has 0 saturated carbocycles. The molecule has 104 valence electrons. The van der Waals surface area contributed by atoms with Crippen molar-refractivity contribution >= 4 is 11.8 Å². The number of hydrogen-bond acceptors (Lipinski definition) is 4. The summed E-state index contributed by atoms with van der Waals surface area (Å²) in [7, 11) is 0. The van der Waals surface area contributed by atoms with Crippen molar-refractivity contribution in [2.45, 2.75) is 26.3 Å². The van der Waals surface area contributed by atoms with E-state index in [-0.39, 0.29) is 6.04 Å². The fraction of sp³-hybridized carbons (Fsp3) is 0.769. The first-order valence-corrected chi connectivity index (χ1v) is 6.66. The number of nitrogens with zero attached hydrogens (tertiary/aromatic N) is 3. The van der Waals surface area contributed by atoms with Crippen molar-refractivity contribution < 1.29 is 9.59 Å². The van der Waals surface area contributed by atoms with Crippen LogP contribution in [0.25, 0.3) is 0 Å². The van der Waals surface area contributed by atoms with Crippen LogP contribution in [0.3, 0.4) is 0 Å². The fourth-order valence-corrected chi connectivity index (χ4v) is 2.45. The highest BCUT2D eigenvalue weighted by molar-refractivity contribution is 6.35. The lowest BCUT2D eigenvalue weighted by molar-refractivity contribution is -0.160. The largest absolute Gasteiger partial charge is 0.332 e. The first-order valence-electron chi connectivity index (χ1n) is 6.66. The molecule has 1 atom stereocenters. The topological polar surface area (TPSA) is 76.4 Å². The molecule has 1 unspecified atom stereocenters. The predicted octanol–water partition coefficient (Wildman–Crippen LogP) is -0.431. The molecule has 0 radical (unpaired) electrons. The van der Waals surface area contributed by atoms with Gasteiger partial charge in [-0.3, -0.25) is 9.59 Å². The van der Waals surface area contributed by atoms with Crippen LogP contribution in [0.2, 0.25) is 0 Å². The van der Waals surface area contributed by atoms with Crippen LogP contribution in [-0.2, 0) is 9.59 Å². The third-order valence-electron chi connectivity index (χ3n) is 3.82. The van der Waals surface area contributed by atoms with Crippen molar-refractivity contribution in [3.05, 3.63) is 0 Å². The Morgan fingerprint density at radius 3 is 2.84 bits per heavy atom. The van der Waals surface area contributed by atoms with Gasteiger partial charge in [0.2, 0.25) is 0 Å². The van der Waals surface area contributed by atoms with Gasteiger partial charge in [0.1, 0.15) is 0 Å². The van der Waals surface area contributed by atoms with E-state index in [4.69, 9.17) is 5.26 Å². The summed E-state index contributed by atoms with van der Waals surface area (Å²) in [5, 5.41) is 12.2. The molecule has 0 aromatic rings. The van der Waals surface area contributed by atoms with Gasteiger partial charge >= 0.3 is 11.8 Å². The predicted molar refractivity (Wildman–Crippen MR) is 69.0 cm³/mol. The molecule has 0 aromatic carbocycles. The van der Waals surface area contributed by atoms with Crippen LogP contribution in [0, 0.1) is 16.7 Å². The second-order valence-electron chi connectivity index (χ2n) is 5.85. The van der Waals surface area contributed by atoms with Crippen molar-refractivity contribution in [2.75, 3.05) is 32.7 Å². The maximum absolute atomic E-state index is 12.0. The molecule has 2 saturated heterocycles. The van der Waals surface area contributed by atoms with Crippen LogP contribution < -0.4 is 5.32 Å². The smallest absolute Gasteiger partial charge is 0.312 e. The molecule has 2 fully saturated rings. The molecule has 6 nitrogen and oxygen atoms in total. The molecule has 2 aliphatic heterocycles. The summed E-state index contributed by atoms with van der Waals surface area (Å²) >= 11 is 0. The van der Waals surface area contributed by atoms with Gasteiger partial charge in [0.05, 0.1) is 17.5 Å². The summed E-state index contributed by atoms with van der Waals surface area (Å²) in [4.78, 5) is 27.3. The Labute approximate surface area is 113 Å². The maximum Gasteiger partial charge on any atom is 0.312 e. The monoisotopic (exact) mass is 264 g/mol. The summed E-state index contributed by atoms with van der Waals surface area (Å²) < 4.78 is 0. The molecule has 0 aliphatic carbocycles. The molecule has 0 aromatic heterocycles. The zero-order valence-corrected chi connectivity index (χ0v) is 11.5. The minimum absolute atomic E-state index is 0.0733. The molecule has 2 rings (SSSR count). The van der Waals surface area contributed by atoms with E-state index in [1.165, 1.54) is 0 Å². The van der Waals surface area contributed by atoms with E-state index in [1.807, 2.05) is 13.8 Å². The van der Waals surface area contributed by atoms with Gasteiger partial charge in [0.15, 0.2) is 0 Å². The molecule has 2 aliphatic rings. The Balaban J connectivity index is 2.00. The summed E-state index contributed by atoms with van der Waals surface area (Å²) in [6.07, 6.45) is 0.586. The Hall–Kier alpha value is -1.61. The molecule has 19 heavy (non-hydrogen) atoms. The lowest BCUT2D eigenvalue weighted by Crippen LogP contribution is -2.65. The third kappa shape index (κ3) is 2.87. The van der Waals surface area contributed by atoms with Crippen LogP contribution in [0.1, 0.15) is 20.3 Å². The maximum atomic E-state index is 12.0.